The van der Waals surface area contributed by atoms with Gasteiger partial charge in [-0.2, -0.15) is 0 Å². The van der Waals surface area contributed by atoms with Gasteiger partial charge in [-0.1, -0.05) is 6.07 Å². The summed E-state index contributed by atoms with van der Waals surface area (Å²) in [5.41, 5.74) is 0.949. The molecule has 2 aromatic rings. The lowest BCUT2D eigenvalue weighted by molar-refractivity contribution is -0.133. The second-order valence-corrected chi connectivity index (χ2v) is 4.51. The lowest BCUT2D eigenvalue weighted by Crippen LogP contribution is -2.33. The van der Waals surface area contributed by atoms with E-state index >= 15 is 0 Å². The number of likely N-dealkylation sites (tertiary alicyclic amines) is 1. The van der Waals surface area contributed by atoms with Gasteiger partial charge in [-0.25, -0.2) is 4.68 Å². The third-order valence-electron chi connectivity index (χ3n) is 3.29. The second-order valence-electron chi connectivity index (χ2n) is 4.51. The van der Waals surface area contributed by atoms with Crippen molar-refractivity contribution < 1.29 is 4.79 Å². The summed E-state index contributed by atoms with van der Waals surface area (Å²) in [5, 5.41) is 10.8. The molecule has 3 rings (SSSR count). The molecule has 1 aliphatic heterocycles. The fourth-order valence-corrected chi connectivity index (χ4v) is 2.43. The topological polar surface area (TPSA) is 76.8 Å². The summed E-state index contributed by atoms with van der Waals surface area (Å²) >= 11 is 0. The van der Waals surface area contributed by atoms with E-state index in [0.717, 1.165) is 25.1 Å². The van der Waals surface area contributed by atoms with Crippen LogP contribution in [0.15, 0.2) is 30.7 Å². The number of hydrogen-bond donors (Lipinski definition) is 0. The highest BCUT2D eigenvalue weighted by Crippen LogP contribution is 2.30. The monoisotopic (exact) mass is 258 g/mol. The second kappa shape index (κ2) is 5.13. The molecular weight excluding hydrogens is 244 g/mol. The Bertz CT molecular complexity index is 541. The molecule has 19 heavy (non-hydrogen) atoms. The summed E-state index contributed by atoms with van der Waals surface area (Å²) in [6.45, 7) is 0.943. The van der Waals surface area contributed by atoms with Crippen LogP contribution in [-0.2, 0) is 11.3 Å². The summed E-state index contributed by atoms with van der Waals surface area (Å²) in [5.74, 6) is 0.0282. The van der Waals surface area contributed by atoms with Crippen LogP contribution < -0.4 is 0 Å². The van der Waals surface area contributed by atoms with E-state index in [2.05, 4.69) is 20.5 Å². The Morgan fingerprint density at radius 3 is 3.11 bits per heavy atom. The third-order valence-corrected chi connectivity index (χ3v) is 3.29. The van der Waals surface area contributed by atoms with Crippen LogP contribution in [0.3, 0.4) is 0 Å². The van der Waals surface area contributed by atoms with Crippen LogP contribution in [0.1, 0.15) is 24.6 Å². The molecule has 0 radical (unpaired) electrons. The predicted octanol–water partition coefficient (Wildman–Crippen LogP) is 0.432. The number of carbonyl (C=O) groups excluding carboxylic acids is 1. The number of carbonyl (C=O) groups is 1. The van der Waals surface area contributed by atoms with Gasteiger partial charge in [-0.15, -0.1) is 5.10 Å². The van der Waals surface area contributed by atoms with Gasteiger partial charge in [0.1, 0.15) is 12.9 Å². The summed E-state index contributed by atoms with van der Waals surface area (Å²) in [4.78, 5) is 18.5. The Labute approximate surface area is 110 Å². The summed E-state index contributed by atoms with van der Waals surface area (Å²) in [6.07, 6.45) is 5.17. The largest absolute Gasteiger partial charge is 0.332 e. The van der Waals surface area contributed by atoms with Crippen LogP contribution in [0, 0.1) is 0 Å². The van der Waals surface area contributed by atoms with Crippen LogP contribution in [0.2, 0.25) is 0 Å². The summed E-state index contributed by atoms with van der Waals surface area (Å²) < 4.78 is 1.44. The highest BCUT2D eigenvalue weighted by atomic mass is 16.2. The van der Waals surface area contributed by atoms with Gasteiger partial charge in [0.25, 0.3) is 0 Å². The van der Waals surface area contributed by atoms with Crippen molar-refractivity contribution in [2.45, 2.75) is 25.4 Å². The molecule has 1 aliphatic rings. The van der Waals surface area contributed by atoms with Gasteiger partial charge >= 0.3 is 0 Å². The molecule has 1 atom stereocenters. The van der Waals surface area contributed by atoms with Gasteiger partial charge in [0.05, 0.1) is 11.7 Å². The van der Waals surface area contributed by atoms with Crippen molar-refractivity contribution in [3.63, 3.8) is 0 Å². The zero-order valence-electron chi connectivity index (χ0n) is 10.4. The molecule has 0 saturated carbocycles. The van der Waals surface area contributed by atoms with E-state index < -0.39 is 0 Å². The number of pyridine rings is 1. The van der Waals surface area contributed by atoms with Gasteiger partial charge in [0, 0.05) is 12.7 Å². The molecule has 0 N–H and O–H groups in total. The molecule has 3 heterocycles. The van der Waals surface area contributed by atoms with Crippen LogP contribution in [0.5, 0.6) is 0 Å². The lowest BCUT2D eigenvalue weighted by atomic mass is 10.1. The SMILES string of the molecule is O=C(Cn1cnnn1)N1CCCC1c1ccccn1. The normalized spacial score (nSPS) is 18.7. The van der Waals surface area contributed by atoms with Crippen LogP contribution >= 0.6 is 0 Å². The van der Waals surface area contributed by atoms with Crippen LogP contribution in [0.4, 0.5) is 0 Å². The molecule has 0 spiro atoms. The number of aromatic nitrogens is 5. The average Bonchev–Trinajstić information content (AvgIpc) is 3.10. The van der Waals surface area contributed by atoms with Crippen molar-refractivity contribution in [2.24, 2.45) is 0 Å². The molecule has 1 unspecified atom stereocenters. The maximum Gasteiger partial charge on any atom is 0.245 e. The van der Waals surface area contributed by atoms with Gasteiger partial charge in [-0.05, 0) is 35.4 Å². The molecule has 0 bridgehead atoms. The van der Waals surface area contributed by atoms with E-state index in [-0.39, 0.29) is 18.5 Å². The van der Waals surface area contributed by atoms with Crippen molar-refractivity contribution in [3.8, 4) is 0 Å². The number of tetrazole rings is 1. The fraction of sp³-hybridized carbons (Fsp3) is 0.417. The van der Waals surface area contributed by atoms with E-state index in [4.69, 9.17) is 0 Å². The number of amides is 1. The molecule has 7 nitrogen and oxygen atoms in total. The third kappa shape index (κ3) is 2.44. The van der Waals surface area contributed by atoms with E-state index in [1.54, 1.807) is 6.20 Å². The lowest BCUT2D eigenvalue weighted by Gasteiger charge is -2.24. The van der Waals surface area contributed by atoms with E-state index in [0.29, 0.717) is 0 Å². The van der Waals surface area contributed by atoms with Crippen molar-refractivity contribution in [1.29, 1.82) is 0 Å². The van der Waals surface area contributed by atoms with E-state index in [1.807, 2.05) is 23.1 Å². The maximum atomic E-state index is 12.3. The number of rotatable bonds is 3. The number of nitrogens with zero attached hydrogens (tertiary/aromatic N) is 6. The standard InChI is InChI=1S/C12H14N6O/c19-12(8-17-9-14-15-16-17)18-7-3-5-11(18)10-4-1-2-6-13-10/h1-2,4,6,9,11H,3,5,7-8H2. The Morgan fingerprint density at radius 1 is 1.42 bits per heavy atom. The first kappa shape index (κ1) is 11.8. The first-order valence-corrected chi connectivity index (χ1v) is 6.26. The summed E-state index contributed by atoms with van der Waals surface area (Å²) in [6, 6.07) is 5.87. The zero-order valence-corrected chi connectivity index (χ0v) is 10.4. The van der Waals surface area contributed by atoms with Crippen LogP contribution in [-0.4, -0.2) is 42.5 Å². The predicted molar refractivity (Wildman–Crippen MR) is 65.7 cm³/mol. The molecule has 7 heteroatoms. The minimum absolute atomic E-state index is 0.0282. The Kier molecular flexibility index (Phi) is 3.18. The number of hydrogen-bond acceptors (Lipinski definition) is 5. The highest BCUT2D eigenvalue weighted by molar-refractivity contribution is 5.76. The van der Waals surface area contributed by atoms with Crippen molar-refractivity contribution in [3.05, 3.63) is 36.4 Å². The molecule has 0 aliphatic carbocycles. The highest BCUT2D eigenvalue weighted by Gasteiger charge is 2.30. The Morgan fingerprint density at radius 2 is 2.37 bits per heavy atom. The van der Waals surface area contributed by atoms with Crippen molar-refractivity contribution in [2.75, 3.05) is 6.54 Å². The minimum Gasteiger partial charge on any atom is -0.332 e. The average molecular weight is 258 g/mol. The van der Waals surface area contributed by atoms with Crippen LogP contribution in [0.25, 0.3) is 0 Å². The molecule has 2 aromatic heterocycles. The minimum atomic E-state index is 0.0282. The molecule has 98 valence electrons. The fourth-order valence-electron chi connectivity index (χ4n) is 2.43. The maximum absolute atomic E-state index is 12.3. The van der Waals surface area contributed by atoms with Gasteiger partial charge in [0.2, 0.25) is 5.91 Å². The molecule has 0 aromatic carbocycles. The molecule has 1 fully saturated rings. The molecule has 1 saturated heterocycles. The Hall–Kier alpha value is -2.31. The smallest absolute Gasteiger partial charge is 0.245 e. The molecular formula is C12H14N6O. The Balaban J connectivity index is 1.74. The van der Waals surface area contributed by atoms with Crippen molar-refractivity contribution in [1.82, 2.24) is 30.1 Å². The molecule has 1 amide bonds. The first-order valence-electron chi connectivity index (χ1n) is 6.26. The summed E-state index contributed by atoms with van der Waals surface area (Å²) in [7, 11) is 0. The van der Waals surface area contributed by atoms with Gasteiger partial charge in [-0.3, -0.25) is 9.78 Å². The van der Waals surface area contributed by atoms with Gasteiger partial charge in [0.15, 0.2) is 0 Å². The van der Waals surface area contributed by atoms with Crippen molar-refractivity contribution >= 4 is 5.91 Å². The first-order chi connectivity index (χ1) is 9.34. The van der Waals surface area contributed by atoms with E-state index in [9.17, 15) is 4.79 Å². The van der Waals surface area contributed by atoms with E-state index in [1.165, 1.54) is 11.0 Å². The zero-order chi connectivity index (χ0) is 13.1. The quantitative estimate of drug-likeness (QED) is 0.798. The van der Waals surface area contributed by atoms with Gasteiger partial charge < -0.3 is 4.90 Å².